The zero-order valence-electron chi connectivity index (χ0n) is 12.6. The van der Waals surface area contributed by atoms with Gasteiger partial charge in [-0.2, -0.15) is 0 Å². The van der Waals surface area contributed by atoms with Gasteiger partial charge in [-0.25, -0.2) is 8.42 Å². The molecule has 1 saturated heterocycles. The van der Waals surface area contributed by atoms with Crippen LogP contribution in [0.15, 0.2) is 12.2 Å². The summed E-state index contributed by atoms with van der Waals surface area (Å²) < 4.78 is 22.3. The number of hydrogen-bond acceptors (Lipinski definition) is 4. The van der Waals surface area contributed by atoms with Gasteiger partial charge in [-0.1, -0.05) is 12.2 Å². The topological polar surface area (TPSA) is 49.4 Å². The van der Waals surface area contributed by atoms with E-state index in [0.717, 1.165) is 38.4 Å². The van der Waals surface area contributed by atoms with Gasteiger partial charge < -0.3 is 10.2 Å². The van der Waals surface area contributed by atoms with Crippen molar-refractivity contribution in [3.05, 3.63) is 12.2 Å². The molecular weight excluding hydrogens is 272 g/mol. The van der Waals surface area contributed by atoms with Gasteiger partial charge >= 0.3 is 0 Å². The van der Waals surface area contributed by atoms with Gasteiger partial charge in [0.15, 0.2) is 0 Å². The van der Waals surface area contributed by atoms with Crippen molar-refractivity contribution in [2.45, 2.75) is 38.1 Å². The fraction of sp³-hybridized carbons (Fsp3) is 0.867. The Morgan fingerprint density at radius 1 is 1.20 bits per heavy atom. The number of nitrogens with one attached hydrogen (secondary N) is 1. The van der Waals surface area contributed by atoms with Crippen LogP contribution in [0.1, 0.15) is 32.1 Å². The molecule has 0 spiro atoms. The minimum Gasteiger partial charge on any atom is -0.314 e. The second-order valence-electron chi connectivity index (χ2n) is 6.30. The molecule has 0 saturated carbocycles. The van der Waals surface area contributed by atoms with Crippen LogP contribution in [0.4, 0.5) is 0 Å². The number of likely N-dealkylation sites (tertiary alicyclic amines) is 1. The van der Waals surface area contributed by atoms with Crippen molar-refractivity contribution in [1.29, 1.82) is 0 Å². The smallest absolute Gasteiger partial charge is 0.148 e. The van der Waals surface area contributed by atoms with E-state index in [-0.39, 0.29) is 0 Å². The third-order valence-corrected chi connectivity index (χ3v) is 5.36. The normalized spacial score (nSPS) is 25.9. The molecule has 4 nitrogen and oxygen atoms in total. The second kappa shape index (κ2) is 7.57. The maximum atomic E-state index is 11.2. The first kappa shape index (κ1) is 16.0. The van der Waals surface area contributed by atoms with E-state index in [4.69, 9.17) is 0 Å². The number of rotatable bonds is 6. The van der Waals surface area contributed by atoms with Gasteiger partial charge in [-0.3, -0.25) is 0 Å². The first-order chi connectivity index (χ1) is 9.53. The van der Waals surface area contributed by atoms with Crippen LogP contribution in [0.5, 0.6) is 0 Å². The highest BCUT2D eigenvalue weighted by Crippen LogP contribution is 2.18. The van der Waals surface area contributed by atoms with Gasteiger partial charge in [0.25, 0.3) is 0 Å². The predicted molar refractivity (Wildman–Crippen MR) is 83.7 cm³/mol. The fourth-order valence-electron chi connectivity index (χ4n) is 3.03. The Morgan fingerprint density at radius 2 is 1.95 bits per heavy atom. The van der Waals surface area contributed by atoms with Crippen LogP contribution in [0.2, 0.25) is 0 Å². The number of sulfone groups is 1. The zero-order chi connectivity index (χ0) is 14.4. The molecule has 1 atom stereocenters. The highest BCUT2D eigenvalue weighted by Gasteiger charge is 2.20. The quantitative estimate of drug-likeness (QED) is 0.754. The summed E-state index contributed by atoms with van der Waals surface area (Å²) in [7, 11) is -2.83. The van der Waals surface area contributed by atoms with Gasteiger partial charge in [0.05, 0.1) is 5.75 Å². The third-order valence-electron chi connectivity index (χ3n) is 4.44. The average molecular weight is 300 g/mol. The Labute approximate surface area is 123 Å². The van der Waals surface area contributed by atoms with Crippen molar-refractivity contribution in [2.75, 3.05) is 38.2 Å². The molecule has 20 heavy (non-hydrogen) atoms. The van der Waals surface area contributed by atoms with E-state index in [2.05, 4.69) is 22.4 Å². The van der Waals surface area contributed by atoms with Crippen molar-refractivity contribution in [2.24, 2.45) is 5.92 Å². The summed E-state index contributed by atoms with van der Waals surface area (Å²) in [6.45, 7) is 3.88. The van der Waals surface area contributed by atoms with Gasteiger partial charge in [0.1, 0.15) is 9.84 Å². The zero-order valence-corrected chi connectivity index (χ0v) is 13.4. The van der Waals surface area contributed by atoms with E-state index in [0.29, 0.717) is 18.3 Å². The van der Waals surface area contributed by atoms with E-state index in [9.17, 15) is 8.42 Å². The van der Waals surface area contributed by atoms with Crippen LogP contribution in [-0.4, -0.2) is 57.5 Å². The van der Waals surface area contributed by atoms with E-state index in [1.165, 1.54) is 25.5 Å². The van der Waals surface area contributed by atoms with Crippen LogP contribution in [0, 0.1) is 5.92 Å². The van der Waals surface area contributed by atoms with Crippen molar-refractivity contribution in [1.82, 2.24) is 10.2 Å². The molecule has 1 unspecified atom stereocenters. The lowest BCUT2D eigenvalue weighted by atomic mass is 9.93. The molecule has 0 bridgehead atoms. The summed E-state index contributed by atoms with van der Waals surface area (Å²) in [5.74, 6) is 1.10. The van der Waals surface area contributed by atoms with Crippen LogP contribution in [0.3, 0.4) is 0 Å². The largest absolute Gasteiger partial charge is 0.314 e. The Hall–Kier alpha value is -0.390. The van der Waals surface area contributed by atoms with Gasteiger partial charge in [0, 0.05) is 18.8 Å². The predicted octanol–water partition coefficient (Wildman–Crippen LogP) is 1.44. The van der Waals surface area contributed by atoms with Crippen LogP contribution in [0.25, 0.3) is 0 Å². The lowest BCUT2D eigenvalue weighted by Crippen LogP contribution is -2.45. The minimum absolute atomic E-state index is 0.291. The van der Waals surface area contributed by atoms with Gasteiger partial charge in [-0.15, -0.1) is 0 Å². The van der Waals surface area contributed by atoms with Crippen molar-refractivity contribution >= 4 is 9.84 Å². The lowest BCUT2D eigenvalue weighted by Gasteiger charge is -2.33. The summed E-state index contributed by atoms with van der Waals surface area (Å²) >= 11 is 0. The van der Waals surface area contributed by atoms with Gasteiger partial charge in [-0.05, 0) is 57.7 Å². The first-order valence-electron chi connectivity index (χ1n) is 7.81. The summed E-state index contributed by atoms with van der Waals surface area (Å²) in [6, 6.07) is 0.621. The van der Waals surface area contributed by atoms with Crippen LogP contribution < -0.4 is 5.32 Å². The maximum Gasteiger partial charge on any atom is 0.148 e. The monoisotopic (exact) mass is 300 g/mol. The minimum atomic E-state index is -2.83. The molecular formula is C15H28N2O2S. The summed E-state index contributed by atoms with van der Waals surface area (Å²) in [4.78, 5) is 2.28. The highest BCUT2D eigenvalue weighted by atomic mass is 32.2. The first-order valence-corrected chi connectivity index (χ1v) is 9.87. The molecule has 1 aliphatic carbocycles. The second-order valence-corrected chi connectivity index (χ2v) is 8.56. The SMILES string of the molecule is CS(=O)(=O)CCN1CCC(NCC2CC=CCC2)CC1. The molecule has 1 aliphatic heterocycles. The molecule has 5 heteroatoms. The molecule has 0 radical (unpaired) electrons. The third kappa shape index (κ3) is 5.94. The highest BCUT2D eigenvalue weighted by molar-refractivity contribution is 7.90. The van der Waals surface area contributed by atoms with Gasteiger partial charge in [0.2, 0.25) is 0 Å². The number of hydrogen-bond donors (Lipinski definition) is 1. The number of nitrogens with zero attached hydrogens (tertiary/aromatic N) is 1. The maximum absolute atomic E-state index is 11.2. The molecule has 2 rings (SSSR count). The Kier molecular flexibility index (Phi) is 6.05. The molecule has 0 aromatic rings. The Bertz CT molecular complexity index is 412. The molecule has 0 aromatic heterocycles. The molecule has 1 fully saturated rings. The molecule has 116 valence electrons. The van der Waals surface area contributed by atoms with Crippen LogP contribution in [-0.2, 0) is 9.84 Å². The van der Waals surface area contributed by atoms with E-state index < -0.39 is 9.84 Å². The Morgan fingerprint density at radius 3 is 2.55 bits per heavy atom. The Balaban J connectivity index is 1.60. The van der Waals surface area contributed by atoms with E-state index in [1.54, 1.807) is 0 Å². The molecule has 1 N–H and O–H groups in total. The summed E-state index contributed by atoms with van der Waals surface area (Å²) in [5.41, 5.74) is 0. The summed E-state index contributed by atoms with van der Waals surface area (Å²) in [5, 5.41) is 3.71. The van der Waals surface area contributed by atoms with Crippen LogP contribution >= 0.6 is 0 Å². The molecule has 2 aliphatic rings. The number of piperidine rings is 1. The number of allylic oxidation sites excluding steroid dienone is 2. The molecule has 0 aromatic carbocycles. The molecule has 0 amide bonds. The van der Waals surface area contributed by atoms with Crippen molar-refractivity contribution in [3.8, 4) is 0 Å². The van der Waals surface area contributed by atoms with E-state index >= 15 is 0 Å². The van der Waals surface area contributed by atoms with E-state index in [1.807, 2.05) is 0 Å². The molecule has 1 heterocycles. The fourth-order valence-corrected chi connectivity index (χ4v) is 3.62. The standard InChI is InChI=1S/C15H28N2O2S/c1-20(18,19)12-11-17-9-7-15(8-10-17)16-13-14-5-3-2-4-6-14/h2-3,14-16H,4-13H2,1H3. The van der Waals surface area contributed by atoms with Crippen molar-refractivity contribution < 1.29 is 8.42 Å². The lowest BCUT2D eigenvalue weighted by molar-refractivity contribution is 0.203. The average Bonchev–Trinajstić information content (AvgIpc) is 2.44. The van der Waals surface area contributed by atoms with Crippen molar-refractivity contribution in [3.63, 3.8) is 0 Å². The summed E-state index contributed by atoms with van der Waals surface area (Å²) in [6.07, 6.45) is 12.0.